The van der Waals surface area contributed by atoms with Crippen LogP contribution in [0.1, 0.15) is 90.2 Å². The van der Waals surface area contributed by atoms with E-state index in [-0.39, 0.29) is 29.9 Å². The fourth-order valence-electron chi connectivity index (χ4n) is 9.40. The van der Waals surface area contributed by atoms with Gasteiger partial charge in [-0.3, -0.25) is 14.4 Å². The van der Waals surface area contributed by atoms with Crippen LogP contribution in [0.15, 0.2) is 72.0 Å². The highest BCUT2D eigenvalue weighted by molar-refractivity contribution is 6.41. The number of Topliss-reactive ketones (excluding diaryl/α,β-unsaturated/α-hetero) is 2. The van der Waals surface area contributed by atoms with Gasteiger partial charge in [-0.15, -0.1) is 0 Å². The molecule has 0 spiro atoms. The van der Waals surface area contributed by atoms with Crippen molar-refractivity contribution in [1.82, 2.24) is 5.32 Å². The van der Waals surface area contributed by atoms with E-state index in [4.69, 9.17) is 23.7 Å². The van der Waals surface area contributed by atoms with Crippen LogP contribution in [-0.4, -0.2) is 98.7 Å². The minimum Gasteiger partial charge on any atom is -0.455 e. The van der Waals surface area contributed by atoms with E-state index in [1.165, 1.54) is 39.8 Å². The second-order valence-corrected chi connectivity index (χ2v) is 17.5. The molecule has 2 aromatic rings. The van der Waals surface area contributed by atoms with Gasteiger partial charge in [0.05, 0.1) is 41.6 Å². The largest absolute Gasteiger partial charge is 0.455 e. The summed E-state index contributed by atoms with van der Waals surface area (Å²) in [6.07, 6.45) is -8.31. The van der Waals surface area contributed by atoms with E-state index >= 15 is 0 Å². The number of aliphatic hydroxyl groups is 3. The maximum atomic E-state index is 14.9. The molecule has 6 rings (SSSR count). The second kappa shape index (κ2) is 15.0. The number of benzene rings is 2. The minimum absolute atomic E-state index is 0.0602. The van der Waals surface area contributed by atoms with Crippen LogP contribution in [0.2, 0.25) is 0 Å². The highest BCUT2D eigenvalue weighted by Gasteiger charge is 2.78. The molecule has 4 N–H and O–H groups in total. The first-order valence-corrected chi connectivity index (χ1v) is 19.2. The first-order valence-electron chi connectivity index (χ1n) is 19.2. The van der Waals surface area contributed by atoms with Gasteiger partial charge in [0.1, 0.15) is 29.2 Å². The van der Waals surface area contributed by atoms with Crippen molar-refractivity contribution in [2.45, 2.75) is 115 Å². The van der Waals surface area contributed by atoms with E-state index in [1.54, 1.807) is 69.3 Å². The van der Waals surface area contributed by atoms with Crippen LogP contribution in [0, 0.1) is 22.7 Å². The molecule has 2 bridgehead atoms. The number of carbonyl (C=O) groups is 6. The SMILES string of the molecule is CC(=O)O[C@@]12CO[C@@H]1C[C@@H](O)[C@@]1(C)C(=O)C(=O)C3C(C)=C(OC(=O)[C@H](O)[C@@H](NC(=O)OC(C)(C)C)c4ccccc4)C[C@@](O)([C@@H](OC(=O)c4ccccc4)[C@H]21)C3(C)C. The zero-order valence-corrected chi connectivity index (χ0v) is 33.8. The average Bonchev–Trinajstić information content (AvgIpc) is 3.14. The molecular formula is C43H51NO14. The van der Waals surface area contributed by atoms with E-state index in [0.717, 1.165) is 6.92 Å². The van der Waals surface area contributed by atoms with E-state index in [9.17, 15) is 44.1 Å². The number of fused-ring (bicyclic) bond motifs is 5. The number of ketones is 2. The number of alkyl carbamates (subject to hydrolysis) is 1. The normalized spacial score (nSPS) is 32.4. The van der Waals surface area contributed by atoms with Crippen LogP contribution in [0.4, 0.5) is 4.79 Å². The minimum atomic E-state index is -2.41. The van der Waals surface area contributed by atoms with Gasteiger partial charge >= 0.3 is 24.0 Å². The molecule has 15 nitrogen and oxygen atoms in total. The molecule has 1 saturated heterocycles. The molecule has 1 aliphatic heterocycles. The van der Waals surface area contributed by atoms with E-state index in [2.05, 4.69) is 5.32 Å². The molecule has 58 heavy (non-hydrogen) atoms. The van der Waals surface area contributed by atoms with E-state index in [1.807, 2.05) is 0 Å². The van der Waals surface area contributed by atoms with Gasteiger partial charge in [0.2, 0.25) is 11.6 Å². The van der Waals surface area contributed by atoms with E-state index in [0.29, 0.717) is 5.56 Å². The summed E-state index contributed by atoms with van der Waals surface area (Å²) in [5.41, 5.74) is -8.44. The zero-order chi connectivity index (χ0) is 42.7. The first-order chi connectivity index (χ1) is 27.0. The van der Waals surface area contributed by atoms with Gasteiger partial charge in [-0.25, -0.2) is 14.4 Å². The van der Waals surface area contributed by atoms with Crippen molar-refractivity contribution in [3.63, 3.8) is 0 Å². The van der Waals surface area contributed by atoms with Crippen molar-refractivity contribution in [3.8, 4) is 0 Å². The molecule has 1 heterocycles. The van der Waals surface area contributed by atoms with E-state index < -0.39 is 112 Å². The molecule has 0 radical (unpaired) electrons. The third kappa shape index (κ3) is 7.01. The fourth-order valence-corrected chi connectivity index (χ4v) is 9.40. The average molecular weight is 806 g/mol. The number of hydrogen-bond acceptors (Lipinski definition) is 14. The number of allylic oxidation sites excluding steroid dienone is 1. The Bertz CT molecular complexity index is 2020. The fraction of sp³-hybridized carbons (Fsp3) is 0.535. The zero-order valence-electron chi connectivity index (χ0n) is 33.8. The van der Waals surface area contributed by atoms with Gasteiger partial charge in [-0.1, -0.05) is 62.4 Å². The van der Waals surface area contributed by atoms with Gasteiger partial charge in [0.15, 0.2) is 11.7 Å². The van der Waals surface area contributed by atoms with Gasteiger partial charge < -0.3 is 44.3 Å². The van der Waals surface area contributed by atoms with Crippen LogP contribution in [-0.2, 0) is 42.9 Å². The molecule has 4 aliphatic rings. The Morgan fingerprint density at radius 3 is 2.12 bits per heavy atom. The lowest BCUT2D eigenvalue weighted by molar-refractivity contribution is -0.345. The summed E-state index contributed by atoms with van der Waals surface area (Å²) in [5, 5.41) is 39.3. The molecule has 2 aromatic carbocycles. The van der Waals surface area contributed by atoms with Crippen LogP contribution in [0.25, 0.3) is 0 Å². The van der Waals surface area contributed by atoms with Crippen LogP contribution in [0.5, 0.6) is 0 Å². The third-order valence-corrected chi connectivity index (χ3v) is 12.4. The number of amides is 1. The Morgan fingerprint density at radius 2 is 1.57 bits per heavy atom. The summed E-state index contributed by atoms with van der Waals surface area (Å²) in [6, 6.07) is 14.5. The molecule has 312 valence electrons. The topological polar surface area (TPSA) is 221 Å². The Kier molecular flexibility index (Phi) is 11.0. The van der Waals surface area contributed by atoms with Crippen molar-refractivity contribution >= 4 is 35.6 Å². The summed E-state index contributed by atoms with van der Waals surface area (Å²) in [7, 11) is 0. The number of carbonyl (C=O) groups excluding carboxylic acids is 6. The molecule has 10 atom stereocenters. The van der Waals surface area contributed by atoms with Crippen molar-refractivity contribution in [2.24, 2.45) is 22.7 Å². The summed E-state index contributed by atoms with van der Waals surface area (Å²) < 4.78 is 29.3. The molecule has 3 aliphatic carbocycles. The lowest BCUT2D eigenvalue weighted by Crippen LogP contribution is -2.81. The van der Waals surface area contributed by atoms with Crippen molar-refractivity contribution in [3.05, 3.63) is 83.1 Å². The number of hydrogen-bond donors (Lipinski definition) is 4. The monoisotopic (exact) mass is 805 g/mol. The van der Waals surface area contributed by atoms with Gasteiger partial charge in [0, 0.05) is 25.2 Å². The van der Waals surface area contributed by atoms with Crippen molar-refractivity contribution in [1.29, 1.82) is 0 Å². The van der Waals surface area contributed by atoms with Crippen LogP contribution in [0.3, 0.4) is 0 Å². The Balaban J connectivity index is 1.49. The number of ether oxygens (including phenoxy) is 5. The van der Waals surface area contributed by atoms with Crippen LogP contribution >= 0.6 is 0 Å². The summed E-state index contributed by atoms with van der Waals surface area (Å²) in [6.45, 7) is 11.5. The maximum Gasteiger partial charge on any atom is 0.408 e. The Morgan fingerprint density at radius 1 is 0.966 bits per heavy atom. The quantitative estimate of drug-likeness (QED) is 0.170. The van der Waals surface area contributed by atoms with Gasteiger partial charge in [-0.2, -0.15) is 0 Å². The molecule has 1 unspecified atom stereocenters. The lowest BCUT2D eigenvalue weighted by atomic mass is 9.44. The highest BCUT2D eigenvalue weighted by atomic mass is 16.6. The van der Waals surface area contributed by atoms with Crippen LogP contribution < -0.4 is 5.32 Å². The summed E-state index contributed by atoms with van der Waals surface area (Å²) >= 11 is 0. The molecule has 1 amide bonds. The molecule has 2 saturated carbocycles. The van der Waals surface area contributed by atoms with Crippen molar-refractivity contribution < 1.29 is 67.8 Å². The third-order valence-electron chi connectivity index (χ3n) is 12.4. The second-order valence-electron chi connectivity index (χ2n) is 17.5. The number of nitrogens with one attached hydrogen (secondary N) is 1. The molecule has 3 fully saturated rings. The highest BCUT2D eigenvalue weighted by Crippen LogP contribution is 2.64. The first kappa shape index (κ1) is 42.6. The predicted octanol–water partition coefficient (Wildman–Crippen LogP) is 3.67. The lowest BCUT2D eigenvalue weighted by Gasteiger charge is -2.67. The molecule has 0 aromatic heterocycles. The number of aliphatic hydroxyl groups excluding tert-OH is 2. The predicted molar refractivity (Wildman–Crippen MR) is 202 cm³/mol. The Hall–Kier alpha value is -4.96. The van der Waals surface area contributed by atoms with Gasteiger partial charge in [-0.05, 0) is 57.9 Å². The number of rotatable bonds is 8. The van der Waals surface area contributed by atoms with Crippen molar-refractivity contribution in [2.75, 3.05) is 6.61 Å². The molecule has 15 heteroatoms. The maximum absolute atomic E-state index is 14.9. The van der Waals surface area contributed by atoms with Gasteiger partial charge in [0.25, 0.3) is 0 Å². The molecular weight excluding hydrogens is 754 g/mol. The standard InChI is InChI=1S/C43H51NO14/c1-22-26(55-37(51)32(48)30(24-15-11-9-12-16-24)44-38(52)58-39(3,4)5)20-43(53)35(56-36(50)25-17-13-10-14-18-25)33-41(8,34(49)31(47)29(22)40(43,6)7)27(46)19-28-42(33,21-54-28)57-23(2)45/h9-18,27-30,32-33,35,46,48,53H,19-21H2,1-8H3,(H,44,52)/t27-,28-,29?,30+,32-,33+,35+,41-,42+,43-/m1/s1. The number of esters is 3. The Labute approximate surface area is 336 Å². The summed E-state index contributed by atoms with van der Waals surface area (Å²) in [4.78, 5) is 83.5. The smallest absolute Gasteiger partial charge is 0.408 e. The summed E-state index contributed by atoms with van der Waals surface area (Å²) in [5.74, 6) is -8.57.